The third kappa shape index (κ3) is 2.70. The van der Waals surface area contributed by atoms with Crippen LogP contribution >= 0.6 is 0 Å². The molecule has 6 heteroatoms. The van der Waals surface area contributed by atoms with Crippen LogP contribution in [-0.4, -0.2) is 52.1 Å². The number of carbonyl (C=O) groups is 1. The number of aromatic carboxylic acids is 1. The number of ether oxygens (including phenoxy) is 1. The number of carboxylic acids is 1. The Kier molecular flexibility index (Phi) is 3.98. The van der Waals surface area contributed by atoms with E-state index in [1.807, 2.05) is 13.8 Å². The molecule has 1 aliphatic rings. The highest BCUT2D eigenvalue weighted by Crippen LogP contribution is 2.17. The Hall–Kier alpha value is -1.40. The normalized spacial score (nSPS) is 17.3. The molecule has 6 nitrogen and oxygen atoms in total. The van der Waals surface area contributed by atoms with Crippen LogP contribution in [0.4, 0.5) is 0 Å². The van der Waals surface area contributed by atoms with E-state index < -0.39 is 5.97 Å². The average molecular weight is 253 g/mol. The van der Waals surface area contributed by atoms with Crippen molar-refractivity contribution >= 4 is 5.97 Å². The molecule has 2 rings (SSSR count). The van der Waals surface area contributed by atoms with Crippen molar-refractivity contribution in [3.63, 3.8) is 0 Å². The van der Waals surface area contributed by atoms with Crippen molar-refractivity contribution in [2.75, 3.05) is 26.3 Å². The third-order valence-corrected chi connectivity index (χ3v) is 3.10. The fraction of sp³-hybridized carbons (Fsp3) is 0.667. The molecule has 1 aromatic rings. The second-order valence-corrected chi connectivity index (χ2v) is 4.74. The van der Waals surface area contributed by atoms with Crippen LogP contribution in [0.5, 0.6) is 0 Å². The van der Waals surface area contributed by atoms with E-state index in [0.717, 1.165) is 18.8 Å². The Labute approximate surface area is 106 Å². The molecule has 1 saturated heterocycles. The quantitative estimate of drug-likeness (QED) is 0.867. The molecule has 0 aromatic carbocycles. The van der Waals surface area contributed by atoms with Crippen molar-refractivity contribution in [1.29, 1.82) is 0 Å². The Bertz CT molecular complexity index is 422. The highest BCUT2D eigenvalue weighted by Gasteiger charge is 2.21. The molecule has 0 radical (unpaired) electrons. The smallest absolute Gasteiger partial charge is 0.339 e. The summed E-state index contributed by atoms with van der Waals surface area (Å²) in [4.78, 5) is 13.4. The predicted octanol–water partition coefficient (Wildman–Crippen LogP) is 0.994. The minimum absolute atomic E-state index is 0.161. The van der Waals surface area contributed by atoms with E-state index in [1.54, 1.807) is 4.68 Å². The van der Waals surface area contributed by atoms with E-state index in [2.05, 4.69) is 10.00 Å². The Morgan fingerprint density at radius 2 is 2.17 bits per heavy atom. The van der Waals surface area contributed by atoms with Gasteiger partial charge in [0.2, 0.25) is 0 Å². The molecule has 1 N–H and O–H groups in total. The molecule has 0 amide bonds. The minimum atomic E-state index is -0.912. The van der Waals surface area contributed by atoms with Gasteiger partial charge in [-0.15, -0.1) is 0 Å². The summed E-state index contributed by atoms with van der Waals surface area (Å²) in [6, 6.07) is 0.161. The lowest BCUT2D eigenvalue weighted by Crippen LogP contribution is -2.36. The highest BCUT2D eigenvalue weighted by atomic mass is 16.5. The van der Waals surface area contributed by atoms with E-state index in [4.69, 9.17) is 4.74 Å². The lowest BCUT2D eigenvalue weighted by molar-refractivity contribution is 0.0326. The summed E-state index contributed by atoms with van der Waals surface area (Å²) in [6.07, 6.45) is 1.44. The lowest BCUT2D eigenvalue weighted by Gasteiger charge is -2.27. The Morgan fingerprint density at radius 1 is 1.50 bits per heavy atom. The highest BCUT2D eigenvalue weighted by molar-refractivity contribution is 5.88. The number of hydrogen-bond donors (Lipinski definition) is 1. The van der Waals surface area contributed by atoms with Crippen LogP contribution in [0.15, 0.2) is 6.20 Å². The van der Waals surface area contributed by atoms with Gasteiger partial charge >= 0.3 is 5.97 Å². The molecule has 1 aromatic heterocycles. The largest absolute Gasteiger partial charge is 0.478 e. The van der Waals surface area contributed by atoms with Crippen molar-refractivity contribution in [3.8, 4) is 0 Å². The minimum Gasteiger partial charge on any atom is -0.478 e. The SMILES string of the molecule is CC(C)n1ncc(C(=O)O)c1CN1CCOCC1. The van der Waals surface area contributed by atoms with Gasteiger partial charge in [0.15, 0.2) is 0 Å². The van der Waals surface area contributed by atoms with Gasteiger partial charge in [-0.1, -0.05) is 0 Å². The molecule has 0 atom stereocenters. The third-order valence-electron chi connectivity index (χ3n) is 3.10. The van der Waals surface area contributed by atoms with Gasteiger partial charge in [0.25, 0.3) is 0 Å². The summed E-state index contributed by atoms with van der Waals surface area (Å²) in [5, 5.41) is 13.4. The first-order valence-corrected chi connectivity index (χ1v) is 6.19. The van der Waals surface area contributed by atoms with Crippen LogP contribution in [0.3, 0.4) is 0 Å². The van der Waals surface area contributed by atoms with Crippen LogP contribution in [0.2, 0.25) is 0 Å². The zero-order chi connectivity index (χ0) is 13.1. The zero-order valence-electron chi connectivity index (χ0n) is 10.8. The molecular formula is C12H19N3O3. The summed E-state index contributed by atoms with van der Waals surface area (Å²) < 4.78 is 7.08. The molecule has 1 fully saturated rings. The molecular weight excluding hydrogens is 234 g/mol. The monoisotopic (exact) mass is 253 g/mol. The second-order valence-electron chi connectivity index (χ2n) is 4.74. The molecule has 0 spiro atoms. The van der Waals surface area contributed by atoms with Crippen LogP contribution in [0.25, 0.3) is 0 Å². The van der Waals surface area contributed by atoms with Crippen LogP contribution in [-0.2, 0) is 11.3 Å². The molecule has 18 heavy (non-hydrogen) atoms. The molecule has 0 bridgehead atoms. The fourth-order valence-corrected chi connectivity index (χ4v) is 2.14. The summed E-state index contributed by atoms with van der Waals surface area (Å²) in [6.45, 7) is 7.70. The standard InChI is InChI=1S/C12H19N3O3/c1-9(2)15-11(10(7-13-15)12(16)17)8-14-3-5-18-6-4-14/h7,9H,3-6,8H2,1-2H3,(H,16,17). The maximum Gasteiger partial charge on any atom is 0.339 e. The van der Waals surface area contributed by atoms with E-state index >= 15 is 0 Å². The van der Waals surface area contributed by atoms with Gasteiger partial charge in [-0.3, -0.25) is 9.58 Å². The molecule has 1 aliphatic heterocycles. The summed E-state index contributed by atoms with van der Waals surface area (Å²) in [5.41, 5.74) is 1.08. The van der Waals surface area contributed by atoms with Gasteiger partial charge in [-0.05, 0) is 13.8 Å². The van der Waals surface area contributed by atoms with E-state index in [0.29, 0.717) is 25.3 Å². The molecule has 0 unspecified atom stereocenters. The number of rotatable bonds is 4. The van der Waals surface area contributed by atoms with Crippen molar-refractivity contribution in [2.24, 2.45) is 0 Å². The lowest BCUT2D eigenvalue weighted by atomic mass is 10.2. The van der Waals surface area contributed by atoms with Crippen LogP contribution < -0.4 is 0 Å². The summed E-state index contributed by atoms with van der Waals surface area (Å²) in [5.74, 6) is -0.912. The summed E-state index contributed by atoms with van der Waals surface area (Å²) >= 11 is 0. The maximum absolute atomic E-state index is 11.2. The number of carboxylic acid groups (broad SMARTS) is 1. The number of nitrogens with zero attached hydrogens (tertiary/aromatic N) is 3. The molecule has 0 aliphatic carbocycles. The first-order chi connectivity index (χ1) is 8.59. The zero-order valence-corrected chi connectivity index (χ0v) is 10.8. The fourth-order valence-electron chi connectivity index (χ4n) is 2.14. The summed E-state index contributed by atoms with van der Waals surface area (Å²) in [7, 11) is 0. The predicted molar refractivity (Wildman–Crippen MR) is 65.7 cm³/mol. The average Bonchev–Trinajstić information content (AvgIpc) is 2.74. The topological polar surface area (TPSA) is 67.6 Å². The van der Waals surface area contributed by atoms with E-state index in [-0.39, 0.29) is 6.04 Å². The van der Waals surface area contributed by atoms with Crippen molar-refractivity contribution < 1.29 is 14.6 Å². The number of morpholine rings is 1. The molecule has 2 heterocycles. The maximum atomic E-state index is 11.2. The van der Waals surface area contributed by atoms with Gasteiger partial charge in [0.1, 0.15) is 5.56 Å². The van der Waals surface area contributed by atoms with Gasteiger partial charge in [-0.2, -0.15) is 5.10 Å². The van der Waals surface area contributed by atoms with Gasteiger partial charge in [-0.25, -0.2) is 4.79 Å². The van der Waals surface area contributed by atoms with E-state index in [9.17, 15) is 9.90 Å². The van der Waals surface area contributed by atoms with Crippen LogP contribution in [0.1, 0.15) is 35.9 Å². The van der Waals surface area contributed by atoms with Gasteiger partial charge in [0.05, 0.1) is 25.1 Å². The number of hydrogen-bond acceptors (Lipinski definition) is 4. The van der Waals surface area contributed by atoms with Crippen molar-refractivity contribution in [2.45, 2.75) is 26.4 Å². The first kappa shape index (κ1) is 13.0. The second kappa shape index (κ2) is 5.49. The van der Waals surface area contributed by atoms with Crippen LogP contribution in [0, 0.1) is 0 Å². The first-order valence-electron chi connectivity index (χ1n) is 6.19. The van der Waals surface area contributed by atoms with Gasteiger partial charge < -0.3 is 9.84 Å². The number of aromatic nitrogens is 2. The molecule has 0 saturated carbocycles. The van der Waals surface area contributed by atoms with E-state index in [1.165, 1.54) is 6.20 Å². The van der Waals surface area contributed by atoms with Crippen molar-refractivity contribution in [3.05, 3.63) is 17.5 Å². The molecule has 100 valence electrons. The Balaban J connectivity index is 2.22. The van der Waals surface area contributed by atoms with Crippen molar-refractivity contribution in [1.82, 2.24) is 14.7 Å². The Morgan fingerprint density at radius 3 is 2.72 bits per heavy atom. The van der Waals surface area contributed by atoms with Gasteiger partial charge in [0, 0.05) is 25.7 Å².